The summed E-state index contributed by atoms with van der Waals surface area (Å²) in [7, 11) is 1.94. The number of imidazole rings is 1. The molecule has 8 nitrogen and oxygen atoms in total. The van der Waals surface area contributed by atoms with Crippen LogP contribution in [0.4, 0.5) is 5.69 Å². The van der Waals surface area contributed by atoms with Crippen LogP contribution in [-0.4, -0.2) is 59.4 Å². The zero-order chi connectivity index (χ0) is 21.4. The predicted molar refractivity (Wildman–Crippen MR) is 118 cm³/mol. The van der Waals surface area contributed by atoms with Crippen molar-refractivity contribution in [1.29, 1.82) is 0 Å². The van der Waals surface area contributed by atoms with Gasteiger partial charge in [-0.05, 0) is 25.1 Å². The standard InChI is InChI=1S/C23H27N5O3/c1-15(17-11-21(29)24-13-17)31-23-22-20(25-14-27(22)2)12-19(26-23)16-3-5-18(6-4-16)28-7-9-30-10-8-28/h3-6,12,14-15,17H,7-11,13H2,1-2H3,(H,24,29)/t15?,17-/m1/s1. The van der Waals surface area contributed by atoms with Gasteiger partial charge in [0.1, 0.15) is 11.6 Å². The van der Waals surface area contributed by atoms with Gasteiger partial charge >= 0.3 is 0 Å². The molecule has 5 rings (SSSR count). The van der Waals surface area contributed by atoms with Gasteiger partial charge < -0.3 is 24.3 Å². The van der Waals surface area contributed by atoms with Crippen LogP contribution < -0.4 is 15.0 Å². The first-order chi connectivity index (χ1) is 15.1. The molecule has 0 aliphatic carbocycles. The summed E-state index contributed by atoms with van der Waals surface area (Å²) in [5.41, 5.74) is 4.72. The lowest BCUT2D eigenvalue weighted by Crippen LogP contribution is -2.36. The number of carbonyl (C=O) groups is 1. The number of fused-ring (bicyclic) bond motifs is 1. The van der Waals surface area contributed by atoms with Crippen LogP contribution >= 0.6 is 0 Å². The number of benzene rings is 1. The van der Waals surface area contributed by atoms with Crippen molar-refractivity contribution >= 4 is 22.6 Å². The van der Waals surface area contributed by atoms with Gasteiger partial charge in [-0.1, -0.05) is 12.1 Å². The lowest BCUT2D eigenvalue weighted by atomic mass is 10.0. The number of hydrogen-bond acceptors (Lipinski definition) is 6. The Bertz CT molecular complexity index is 1090. The number of aryl methyl sites for hydroxylation is 1. The molecule has 2 aliphatic rings. The first-order valence-corrected chi connectivity index (χ1v) is 10.8. The highest BCUT2D eigenvalue weighted by Crippen LogP contribution is 2.31. The van der Waals surface area contributed by atoms with E-state index in [9.17, 15) is 4.79 Å². The topological polar surface area (TPSA) is 81.5 Å². The highest BCUT2D eigenvalue weighted by Gasteiger charge is 2.29. The molecule has 2 fully saturated rings. The lowest BCUT2D eigenvalue weighted by molar-refractivity contribution is -0.119. The Balaban J connectivity index is 1.44. The highest BCUT2D eigenvalue weighted by molar-refractivity contribution is 5.84. The maximum absolute atomic E-state index is 11.6. The Kier molecular flexibility index (Phi) is 5.23. The van der Waals surface area contributed by atoms with Crippen LogP contribution in [0.5, 0.6) is 5.88 Å². The van der Waals surface area contributed by atoms with E-state index in [1.807, 2.05) is 24.6 Å². The molecule has 0 bridgehead atoms. The van der Waals surface area contributed by atoms with E-state index in [1.54, 1.807) is 6.33 Å². The molecule has 8 heteroatoms. The average Bonchev–Trinajstić information content (AvgIpc) is 3.40. The SMILES string of the molecule is CC(Oc1nc(-c2ccc(N3CCOCC3)cc2)cc2ncn(C)c12)[C@H]1CNC(=O)C1. The van der Waals surface area contributed by atoms with E-state index in [-0.39, 0.29) is 17.9 Å². The Labute approximate surface area is 181 Å². The minimum Gasteiger partial charge on any atom is -0.473 e. The van der Waals surface area contributed by atoms with Gasteiger partial charge in [0.2, 0.25) is 11.8 Å². The largest absolute Gasteiger partial charge is 0.473 e. The number of aromatic nitrogens is 3. The molecular formula is C23H27N5O3. The van der Waals surface area contributed by atoms with E-state index in [4.69, 9.17) is 14.5 Å². The fourth-order valence-electron chi connectivity index (χ4n) is 4.26. The summed E-state index contributed by atoms with van der Waals surface area (Å²) in [5.74, 6) is 0.763. The molecule has 3 aromatic rings. The van der Waals surface area contributed by atoms with Gasteiger partial charge in [-0.2, -0.15) is 0 Å². The number of ether oxygens (including phenoxy) is 2. The zero-order valence-corrected chi connectivity index (χ0v) is 17.9. The first-order valence-electron chi connectivity index (χ1n) is 10.8. The molecule has 2 atom stereocenters. The van der Waals surface area contributed by atoms with Crippen molar-refractivity contribution in [2.45, 2.75) is 19.4 Å². The molecule has 2 aromatic heterocycles. The third-order valence-corrected chi connectivity index (χ3v) is 6.17. The summed E-state index contributed by atoms with van der Waals surface area (Å²) >= 11 is 0. The van der Waals surface area contributed by atoms with Crippen LogP contribution in [0, 0.1) is 5.92 Å². The Morgan fingerprint density at radius 3 is 2.71 bits per heavy atom. The van der Waals surface area contributed by atoms with Crippen molar-refractivity contribution in [2.24, 2.45) is 13.0 Å². The Hall–Kier alpha value is -3.13. The fourth-order valence-corrected chi connectivity index (χ4v) is 4.26. The first kappa shape index (κ1) is 19.8. The van der Waals surface area contributed by atoms with E-state index in [1.165, 1.54) is 5.69 Å². The number of carbonyl (C=O) groups excluding carboxylic acids is 1. The lowest BCUT2D eigenvalue weighted by Gasteiger charge is -2.28. The minimum atomic E-state index is -0.136. The van der Waals surface area contributed by atoms with Crippen LogP contribution in [0.3, 0.4) is 0 Å². The number of amides is 1. The number of rotatable bonds is 5. The van der Waals surface area contributed by atoms with Gasteiger partial charge in [-0.15, -0.1) is 0 Å². The molecule has 1 aromatic carbocycles. The van der Waals surface area contributed by atoms with E-state index in [2.05, 4.69) is 39.5 Å². The predicted octanol–water partition coefficient (Wildman–Crippen LogP) is 2.38. The second kappa shape index (κ2) is 8.19. The molecule has 2 saturated heterocycles. The number of pyridine rings is 1. The average molecular weight is 422 g/mol. The molecule has 1 unspecified atom stereocenters. The normalized spacial score (nSPS) is 20.1. The molecule has 2 aliphatic heterocycles. The smallest absolute Gasteiger partial charge is 0.241 e. The van der Waals surface area contributed by atoms with Gasteiger partial charge in [0.15, 0.2) is 0 Å². The molecule has 31 heavy (non-hydrogen) atoms. The maximum Gasteiger partial charge on any atom is 0.241 e. The van der Waals surface area contributed by atoms with Gasteiger partial charge in [0.05, 0.1) is 30.8 Å². The van der Waals surface area contributed by atoms with Gasteiger partial charge in [0, 0.05) is 50.3 Å². The van der Waals surface area contributed by atoms with Crippen LogP contribution in [0.2, 0.25) is 0 Å². The molecule has 162 valence electrons. The van der Waals surface area contributed by atoms with Crippen molar-refractivity contribution in [2.75, 3.05) is 37.7 Å². The van der Waals surface area contributed by atoms with Crippen LogP contribution in [0.15, 0.2) is 36.7 Å². The number of morpholine rings is 1. The number of hydrogen-bond donors (Lipinski definition) is 1. The molecule has 0 radical (unpaired) electrons. The summed E-state index contributed by atoms with van der Waals surface area (Å²) in [6.45, 7) is 5.98. The minimum absolute atomic E-state index is 0.0770. The second-order valence-corrected chi connectivity index (χ2v) is 8.27. The van der Waals surface area contributed by atoms with Gasteiger partial charge in [-0.3, -0.25) is 4.79 Å². The van der Waals surface area contributed by atoms with E-state index in [0.717, 1.165) is 48.6 Å². The maximum atomic E-state index is 11.6. The summed E-state index contributed by atoms with van der Waals surface area (Å²) in [4.78, 5) is 23.3. The molecule has 4 heterocycles. The van der Waals surface area contributed by atoms with Crippen molar-refractivity contribution in [1.82, 2.24) is 19.9 Å². The summed E-state index contributed by atoms with van der Waals surface area (Å²) in [6, 6.07) is 10.4. The molecule has 1 amide bonds. The third kappa shape index (κ3) is 3.95. The van der Waals surface area contributed by atoms with Crippen LogP contribution in [0.1, 0.15) is 13.3 Å². The number of nitrogens with one attached hydrogen (secondary N) is 1. The molecule has 0 spiro atoms. The van der Waals surface area contributed by atoms with Gasteiger partial charge in [-0.25, -0.2) is 9.97 Å². The molecule has 1 N–H and O–H groups in total. The summed E-state index contributed by atoms with van der Waals surface area (Å²) in [6.07, 6.45) is 2.12. The van der Waals surface area contributed by atoms with Crippen LogP contribution in [-0.2, 0) is 16.6 Å². The van der Waals surface area contributed by atoms with E-state index < -0.39 is 0 Å². The Morgan fingerprint density at radius 1 is 1.23 bits per heavy atom. The van der Waals surface area contributed by atoms with Crippen LogP contribution in [0.25, 0.3) is 22.3 Å². The fraction of sp³-hybridized carbons (Fsp3) is 0.435. The Morgan fingerprint density at radius 2 is 2.00 bits per heavy atom. The van der Waals surface area contributed by atoms with Crippen molar-refractivity contribution < 1.29 is 14.3 Å². The quantitative estimate of drug-likeness (QED) is 0.681. The number of anilines is 1. The van der Waals surface area contributed by atoms with E-state index in [0.29, 0.717) is 18.8 Å². The van der Waals surface area contributed by atoms with Crippen molar-refractivity contribution in [3.63, 3.8) is 0 Å². The zero-order valence-electron chi connectivity index (χ0n) is 17.9. The number of nitrogens with zero attached hydrogens (tertiary/aromatic N) is 4. The molecule has 0 saturated carbocycles. The van der Waals surface area contributed by atoms with Crippen molar-refractivity contribution in [3.8, 4) is 17.1 Å². The monoisotopic (exact) mass is 421 g/mol. The third-order valence-electron chi connectivity index (χ3n) is 6.17. The highest BCUT2D eigenvalue weighted by atomic mass is 16.5. The van der Waals surface area contributed by atoms with Crippen molar-refractivity contribution in [3.05, 3.63) is 36.7 Å². The molecular weight excluding hydrogens is 394 g/mol. The van der Waals surface area contributed by atoms with Gasteiger partial charge in [0.25, 0.3) is 0 Å². The van der Waals surface area contributed by atoms with E-state index >= 15 is 0 Å². The summed E-state index contributed by atoms with van der Waals surface area (Å²) < 4.78 is 13.7. The summed E-state index contributed by atoms with van der Waals surface area (Å²) in [5, 5.41) is 2.88. The second-order valence-electron chi connectivity index (χ2n) is 8.27.